The molecule has 0 bridgehead atoms. The molecule has 0 aromatic carbocycles. The second-order valence-electron chi connectivity index (χ2n) is 3.66. The Morgan fingerprint density at radius 3 is 2.71 bits per heavy atom. The SMILES string of the molecule is COC1(C(O)c2sccc2Cl)CCC1. The number of hydrogen-bond acceptors (Lipinski definition) is 3. The van der Waals surface area contributed by atoms with E-state index in [1.807, 2.05) is 11.4 Å². The van der Waals surface area contributed by atoms with Crippen molar-refractivity contribution in [1.29, 1.82) is 0 Å². The molecule has 1 aliphatic carbocycles. The Morgan fingerprint density at radius 2 is 2.36 bits per heavy atom. The maximum Gasteiger partial charge on any atom is 0.118 e. The van der Waals surface area contributed by atoms with Crippen LogP contribution >= 0.6 is 22.9 Å². The average Bonchev–Trinajstić information content (AvgIpc) is 2.50. The van der Waals surface area contributed by atoms with Crippen molar-refractivity contribution in [2.24, 2.45) is 0 Å². The minimum absolute atomic E-state index is 0.380. The number of halogens is 1. The standard InChI is InChI=1S/C10H13ClO2S/c1-13-10(4-2-5-10)9(12)8-7(11)3-6-14-8/h3,6,9,12H,2,4-5H2,1H3. The minimum atomic E-state index is -0.575. The van der Waals surface area contributed by atoms with Crippen LogP contribution in [0, 0.1) is 0 Å². The summed E-state index contributed by atoms with van der Waals surface area (Å²) in [6.45, 7) is 0. The third-order valence-corrected chi connectivity index (χ3v) is 4.41. The smallest absolute Gasteiger partial charge is 0.118 e. The number of methoxy groups -OCH3 is 1. The normalized spacial score (nSPS) is 21.6. The first-order valence-corrected chi connectivity index (χ1v) is 5.91. The molecule has 78 valence electrons. The lowest BCUT2D eigenvalue weighted by atomic mass is 9.75. The van der Waals surface area contributed by atoms with Crippen molar-refractivity contribution in [3.05, 3.63) is 21.3 Å². The second-order valence-corrected chi connectivity index (χ2v) is 5.01. The fourth-order valence-corrected chi connectivity index (χ4v) is 3.10. The summed E-state index contributed by atoms with van der Waals surface area (Å²) >= 11 is 7.46. The molecule has 2 nitrogen and oxygen atoms in total. The first-order chi connectivity index (χ1) is 6.69. The van der Waals surface area contributed by atoms with Gasteiger partial charge in [-0.15, -0.1) is 11.3 Å². The van der Waals surface area contributed by atoms with Gasteiger partial charge >= 0.3 is 0 Å². The fraction of sp³-hybridized carbons (Fsp3) is 0.600. The van der Waals surface area contributed by atoms with E-state index in [1.54, 1.807) is 7.11 Å². The van der Waals surface area contributed by atoms with Gasteiger partial charge in [-0.2, -0.15) is 0 Å². The van der Waals surface area contributed by atoms with Gasteiger partial charge in [-0.25, -0.2) is 0 Å². The van der Waals surface area contributed by atoms with Crippen LogP contribution in [-0.4, -0.2) is 17.8 Å². The highest BCUT2D eigenvalue weighted by molar-refractivity contribution is 7.10. The molecule has 1 atom stereocenters. The molecule has 4 heteroatoms. The molecule has 1 aliphatic rings. The molecule has 0 saturated heterocycles. The van der Waals surface area contributed by atoms with Crippen LogP contribution in [0.5, 0.6) is 0 Å². The molecule has 1 saturated carbocycles. The quantitative estimate of drug-likeness (QED) is 0.868. The summed E-state index contributed by atoms with van der Waals surface area (Å²) < 4.78 is 5.41. The first-order valence-electron chi connectivity index (χ1n) is 4.66. The van der Waals surface area contributed by atoms with Gasteiger partial charge in [-0.3, -0.25) is 0 Å². The average molecular weight is 233 g/mol. The van der Waals surface area contributed by atoms with Gasteiger partial charge in [-0.1, -0.05) is 11.6 Å². The van der Waals surface area contributed by atoms with Crippen LogP contribution in [0.3, 0.4) is 0 Å². The molecular weight excluding hydrogens is 220 g/mol. The van der Waals surface area contributed by atoms with Crippen LogP contribution in [0.15, 0.2) is 11.4 Å². The zero-order valence-corrected chi connectivity index (χ0v) is 9.57. The highest BCUT2D eigenvalue weighted by Crippen LogP contribution is 2.47. The maximum atomic E-state index is 10.2. The number of thiophene rings is 1. The molecule has 1 aromatic heterocycles. The third kappa shape index (κ3) is 1.48. The van der Waals surface area contributed by atoms with Crippen molar-refractivity contribution < 1.29 is 9.84 Å². The molecular formula is C10H13ClO2S. The van der Waals surface area contributed by atoms with Gasteiger partial charge in [0.05, 0.1) is 15.5 Å². The summed E-state index contributed by atoms with van der Waals surface area (Å²) in [6, 6.07) is 1.81. The third-order valence-electron chi connectivity index (χ3n) is 3.00. The molecule has 0 radical (unpaired) electrons. The van der Waals surface area contributed by atoms with Crippen LogP contribution in [0.4, 0.5) is 0 Å². The molecule has 1 aromatic rings. The first kappa shape index (κ1) is 10.4. The van der Waals surface area contributed by atoms with Gasteiger partial charge < -0.3 is 9.84 Å². The van der Waals surface area contributed by atoms with E-state index in [0.29, 0.717) is 5.02 Å². The summed E-state index contributed by atoms with van der Waals surface area (Å²) in [5.41, 5.74) is -0.380. The molecule has 1 heterocycles. The molecule has 1 fully saturated rings. The van der Waals surface area contributed by atoms with Crippen molar-refractivity contribution in [3.63, 3.8) is 0 Å². The van der Waals surface area contributed by atoms with Gasteiger partial charge in [-0.05, 0) is 30.7 Å². The van der Waals surface area contributed by atoms with E-state index in [9.17, 15) is 5.11 Å². The summed E-state index contributed by atoms with van der Waals surface area (Å²) in [6.07, 6.45) is 2.37. The Balaban J connectivity index is 2.22. The molecule has 1 N–H and O–H groups in total. The lowest BCUT2D eigenvalue weighted by Gasteiger charge is -2.43. The van der Waals surface area contributed by atoms with Gasteiger partial charge in [0, 0.05) is 7.11 Å². The Morgan fingerprint density at radius 1 is 1.64 bits per heavy atom. The number of aliphatic hydroxyl groups is 1. The highest BCUT2D eigenvalue weighted by atomic mass is 35.5. The number of aliphatic hydroxyl groups excluding tert-OH is 1. The lowest BCUT2D eigenvalue weighted by molar-refractivity contribution is -0.150. The van der Waals surface area contributed by atoms with E-state index in [0.717, 1.165) is 24.1 Å². The Hall–Kier alpha value is -0.0900. The molecule has 1 unspecified atom stereocenters. The van der Waals surface area contributed by atoms with Crippen molar-refractivity contribution in [1.82, 2.24) is 0 Å². The molecule has 14 heavy (non-hydrogen) atoms. The maximum absolute atomic E-state index is 10.2. The van der Waals surface area contributed by atoms with Crippen LogP contribution in [0.1, 0.15) is 30.2 Å². The summed E-state index contributed by atoms with van der Waals surface area (Å²) in [5, 5.41) is 12.7. The van der Waals surface area contributed by atoms with E-state index < -0.39 is 6.10 Å². The van der Waals surface area contributed by atoms with Gasteiger partial charge in [0.1, 0.15) is 6.10 Å². The Kier molecular flexibility index (Phi) is 2.84. The molecule has 2 rings (SSSR count). The lowest BCUT2D eigenvalue weighted by Crippen LogP contribution is -2.44. The van der Waals surface area contributed by atoms with E-state index in [4.69, 9.17) is 16.3 Å². The number of rotatable bonds is 3. The zero-order chi connectivity index (χ0) is 10.2. The van der Waals surface area contributed by atoms with E-state index in [2.05, 4.69) is 0 Å². The van der Waals surface area contributed by atoms with Gasteiger partial charge in [0.25, 0.3) is 0 Å². The topological polar surface area (TPSA) is 29.5 Å². The molecule has 0 amide bonds. The van der Waals surface area contributed by atoms with Crippen LogP contribution in [0.2, 0.25) is 5.02 Å². The van der Waals surface area contributed by atoms with Crippen molar-refractivity contribution >= 4 is 22.9 Å². The van der Waals surface area contributed by atoms with E-state index in [1.165, 1.54) is 11.3 Å². The monoisotopic (exact) mass is 232 g/mol. The number of hydrogen-bond donors (Lipinski definition) is 1. The predicted octanol–water partition coefficient (Wildman–Crippen LogP) is 3.00. The second kappa shape index (κ2) is 3.81. The van der Waals surface area contributed by atoms with Crippen LogP contribution < -0.4 is 0 Å². The van der Waals surface area contributed by atoms with Crippen molar-refractivity contribution in [2.45, 2.75) is 31.0 Å². The minimum Gasteiger partial charge on any atom is -0.384 e. The van der Waals surface area contributed by atoms with Crippen molar-refractivity contribution in [3.8, 4) is 0 Å². The zero-order valence-electron chi connectivity index (χ0n) is 8.00. The summed E-state index contributed by atoms with van der Waals surface area (Å²) in [5.74, 6) is 0. The summed E-state index contributed by atoms with van der Waals surface area (Å²) in [4.78, 5) is 0.827. The van der Waals surface area contributed by atoms with Crippen LogP contribution in [-0.2, 0) is 4.74 Å². The van der Waals surface area contributed by atoms with Crippen molar-refractivity contribution in [2.75, 3.05) is 7.11 Å². The predicted molar refractivity (Wildman–Crippen MR) is 57.9 cm³/mol. The molecule has 0 spiro atoms. The molecule has 0 aliphatic heterocycles. The highest BCUT2D eigenvalue weighted by Gasteiger charge is 2.45. The Bertz CT molecular complexity index is 314. The largest absolute Gasteiger partial charge is 0.384 e. The Labute approximate surface area is 92.5 Å². The van der Waals surface area contributed by atoms with Gasteiger partial charge in [0.2, 0.25) is 0 Å². The number of ether oxygens (including phenoxy) is 1. The summed E-state index contributed by atoms with van der Waals surface area (Å²) in [7, 11) is 1.66. The fourth-order valence-electron chi connectivity index (χ4n) is 1.85. The van der Waals surface area contributed by atoms with Gasteiger partial charge in [0.15, 0.2) is 0 Å². The van der Waals surface area contributed by atoms with E-state index >= 15 is 0 Å². The van der Waals surface area contributed by atoms with E-state index in [-0.39, 0.29) is 5.60 Å². The van der Waals surface area contributed by atoms with Crippen LogP contribution in [0.25, 0.3) is 0 Å².